The Morgan fingerprint density at radius 1 is 1.25 bits per heavy atom. The highest BCUT2D eigenvalue weighted by atomic mass is 16.5. The number of ketones is 1. The van der Waals surface area contributed by atoms with Crippen molar-refractivity contribution in [1.82, 2.24) is 4.98 Å². The molecule has 1 aliphatic rings. The number of aromatic nitrogens is 1. The Kier molecular flexibility index (Phi) is 3.65. The first-order valence-corrected chi connectivity index (χ1v) is 6.94. The molecule has 0 radical (unpaired) electrons. The Morgan fingerprint density at radius 2 is 2.05 bits per heavy atom. The van der Waals surface area contributed by atoms with Crippen LogP contribution in [0.3, 0.4) is 0 Å². The quantitative estimate of drug-likeness (QED) is 0.857. The van der Waals surface area contributed by atoms with Crippen LogP contribution in [-0.2, 0) is 16.0 Å². The molecule has 20 heavy (non-hydrogen) atoms. The van der Waals surface area contributed by atoms with Crippen molar-refractivity contribution >= 4 is 22.4 Å². The number of rotatable bonds is 3. The number of fused-ring (bicyclic) bond motifs is 1. The third kappa shape index (κ3) is 2.80. The lowest BCUT2D eigenvalue weighted by Crippen LogP contribution is -2.36. The Labute approximate surface area is 118 Å². The standard InChI is InChI=1S/C16H18N2O2/c1-12(19)10-14-3-2-13-11-15(4-5-16(13)17-14)18-6-8-20-9-7-18/h2-5,11H,6-10H2,1H3. The Morgan fingerprint density at radius 3 is 2.80 bits per heavy atom. The molecule has 0 spiro atoms. The number of carbonyl (C=O) groups is 1. The van der Waals surface area contributed by atoms with Gasteiger partial charge in [0.2, 0.25) is 0 Å². The molecular weight excluding hydrogens is 252 g/mol. The van der Waals surface area contributed by atoms with E-state index >= 15 is 0 Å². The molecule has 1 saturated heterocycles. The van der Waals surface area contributed by atoms with Crippen LogP contribution in [0.15, 0.2) is 30.3 Å². The largest absolute Gasteiger partial charge is 0.378 e. The van der Waals surface area contributed by atoms with Gasteiger partial charge in [0.25, 0.3) is 0 Å². The minimum Gasteiger partial charge on any atom is -0.378 e. The summed E-state index contributed by atoms with van der Waals surface area (Å²) in [5.41, 5.74) is 2.99. The summed E-state index contributed by atoms with van der Waals surface area (Å²) in [4.78, 5) is 18.0. The maximum atomic E-state index is 11.2. The lowest BCUT2D eigenvalue weighted by Gasteiger charge is -2.29. The summed E-state index contributed by atoms with van der Waals surface area (Å²) < 4.78 is 5.38. The second-order valence-electron chi connectivity index (χ2n) is 5.16. The maximum Gasteiger partial charge on any atom is 0.135 e. The number of anilines is 1. The highest BCUT2D eigenvalue weighted by molar-refractivity contribution is 5.84. The summed E-state index contributed by atoms with van der Waals surface area (Å²) in [6.07, 6.45) is 0.404. The van der Waals surface area contributed by atoms with Crippen LogP contribution in [0.4, 0.5) is 5.69 Å². The number of carbonyl (C=O) groups excluding carboxylic acids is 1. The molecule has 1 fully saturated rings. The fourth-order valence-electron chi connectivity index (χ4n) is 2.53. The predicted octanol–water partition coefficient (Wildman–Crippen LogP) is 2.20. The third-order valence-electron chi connectivity index (χ3n) is 3.54. The van der Waals surface area contributed by atoms with Crippen LogP contribution >= 0.6 is 0 Å². The molecule has 4 heteroatoms. The Hall–Kier alpha value is -1.94. The van der Waals surface area contributed by atoms with Crippen LogP contribution in [0, 0.1) is 0 Å². The van der Waals surface area contributed by atoms with Gasteiger partial charge >= 0.3 is 0 Å². The number of Topliss-reactive ketones (excluding diaryl/α,β-unsaturated/α-hetero) is 1. The van der Waals surface area contributed by atoms with Crippen molar-refractivity contribution in [2.45, 2.75) is 13.3 Å². The number of ether oxygens (including phenoxy) is 1. The summed E-state index contributed by atoms with van der Waals surface area (Å²) in [6.45, 7) is 5.03. The van der Waals surface area contributed by atoms with Gasteiger partial charge in [-0.3, -0.25) is 9.78 Å². The molecular formula is C16H18N2O2. The van der Waals surface area contributed by atoms with E-state index in [9.17, 15) is 4.79 Å². The van der Waals surface area contributed by atoms with Crippen molar-refractivity contribution < 1.29 is 9.53 Å². The van der Waals surface area contributed by atoms with E-state index in [4.69, 9.17) is 4.74 Å². The number of hydrogen-bond donors (Lipinski definition) is 0. The van der Waals surface area contributed by atoms with Crippen molar-refractivity contribution in [1.29, 1.82) is 0 Å². The SMILES string of the molecule is CC(=O)Cc1ccc2cc(N3CCOCC3)ccc2n1. The fourth-order valence-corrected chi connectivity index (χ4v) is 2.53. The Bertz CT molecular complexity index is 633. The van der Waals surface area contributed by atoms with E-state index < -0.39 is 0 Å². The van der Waals surface area contributed by atoms with Gasteiger partial charge in [0.05, 0.1) is 18.7 Å². The van der Waals surface area contributed by atoms with Crippen molar-refractivity contribution in [2.24, 2.45) is 0 Å². The Balaban J connectivity index is 1.89. The molecule has 0 bridgehead atoms. The molecule has 0 atom stereocenters. The molecule has 104 valence electrons. The van der Waals surface area contributed by atoms with Crippen LogP contribution in [0.5, 0.6) is 0 Å². The third-order valence-corrected chi connectivity index (χ3v) is 3.54. The highest BCUT2D eigenvalue weighted by Gasteiger charge is 2.11. The summed E-state index contributed by atoms with van der Waals surface area (Å²) >= 11 is 0. The molecule has 3 rings (SSSR count). The second-order valence-corrected chi connectivity index (χ2v) is 5.16. The minimum absolute atomic E-state index is 0.141. The van der Waals surface area contributed by atoms with E-state index in [1.165, 1.54) is 5.69 Å². The molecule has 4 nitrogen and oxygen atoms in total. The van der Waals surface area contributed by atoms with Crippen LogP contribution in [0.1, 0.15) is 12.6 Å². The number of benzene rings is 1. The number of hydrogen-bond acceptors (Lipinski definition) is 4. The maximum absolute atomic E-state index is 11.2. The van der Waals surface area contributed by atoms with Crippen molar-refractivity contribution in [3.05, 3.63) is 36.0 Å². The molecule has 1 aromatic carbocycles. The summed E-state index contributed by atoms with van der Waals surface area (Å²) in [5.74, 6) is 0.141. The van der Waals surface area contributed by atoms with Gasteiger partial charge in [-0.1, -0.05) is 6.07 Å². The summed E-state index contributed by atoms with van der Waals surface area (Å²) in [6, 6.07) is 10.3. The smallest absolute Gasteiger partial charge is 0.135 e. The van der Waals surface area contributed by atoms with E-state index in [1.807, 2.05) is 18.2 Å². The average Bonchev–Trinajstić information content (AvgIpc) is 2.47. The van der Waals surface area contributed by atoms with Crippen molar-refractivity contribution in [3.8, 4) is 0 Å². The van der Waals surface area contributed by atoms with Crippen LogP contribution < -0.4 is 4.90 Å². The first-order chi connectivity index (χ1) is 9.72. The molecule has 1 aromatic heterocycles. The minimum atomic E-state index is 0.141. The molecule has 2 heterocycles. The lowest BCUT2D eigenvalue weighted by atomic mass is 10.1. The lowest BCUT2D eigenvalue weighted by molar-refractivity contribution is -0.116. The molecule has 0 saturated carbocycles. The molecule has 0 aliphatic carbocycles. The molecule has 0 amide bonds. The molecule has 2 aromatic rings. The first kappa shape index (κ1) is 13.1. The van der Waals surface area contributed by atoms with Crippen LogP contribution in [0.2, 0.25) is 0 Å². The topological polar surface area (TPSA) is 42.4 Å². The van der Waals surface area contributed by atoms with Gasteiger partial charge in [0.1, 0.15) is 5.78 Å². The first-order valence-electron chi connectivity index (χ1n) is 6.94. The van der Waals surface area contributed by atoms with Crippen LogP contribution in [0.25, 0.3) is 10.9 Å². The van der Waals surface area contributed by atoms with Gasteiger partial charge in [-0.05, 0) is 31.2 Å². The zero-order chi connectivity index (χ0) is 13.9. The predicted molar refractivity (Wildman–Crippen MR) is 79.2 cm³/mol. The second kappa shape index (κ2) is 5.59. The average molecular weight is 270 g/mol. The van der Waals surface area contributed by atoms with E-state index in [2.05, 4.69) is 22.0 Å². The van der Waals surface area contributed by atoms with Gasteiger partial charge in [-0.2, -0.15) is 0 Å². The van der Waals surface area contributed by atoms with Gasteiger partial charge in [-0.25, -0.2) is 0 Å². The number of nitrogens with zero attached hydrogens (tertiary/aromatic N) is 2. The summed E-state index contributed by atoms with van der Waals surface area (Å²) in [7, 11) is 0. The van der Waals surface area contributed by atoms with Crippen LogP contribution in [-0.4, -0.2) is 37.1 Å². The number of pyridine rings is 1. The molecule has 0 N–H and O–H groups in total. The monoisotopic (exact) mass is 270 g/mol. The van der Waals surface area contributed by atoms with Gasteiger partial charge in [0, 0.05) is 36.3 Å². The molecule has 0 unspecified atom stereocenters. The highest BCUT2D eigenvalue weighted by Crippen LogP contribution is 2.22. The number of morpholine rings is 1. The van der Waals surface area contributed by atoms with E-state index in [0.29, 0.717) is 6.42 Å². The zero-order valence-electron chi connectivity index (χ0n) is 11.6. The van der Waals surface area contributed by atoms with Gasteiger partial charge in [0.15, 0.2) is 0 Å². The van der Waals surface area contributed by atoms with Gasteiger partial charge < -0.3 is 9.64 Å². The van der Waals surface area contributed by atoms with E-state index in [0.717, 1.165) is 42.9 Å². The van der Waals surface area contributed by atoms with Crippen molar-refractivity contribution in [3.63, 3.8) is 0 Å². The summed E-state index contributed by atoms with van der Waals surface area (Å²) in [5, 5.41) is 1.11. The fraction of sp³-hybridized carbons (Fsp3) is 0.375. The van der Waals surface area contributed by atoms with Crippen molar-refractivity contribution in [2.75, 3.05) is 31.2 Å². The van der Waals surface area contributed by atoms with E-state index in [-0.39, 0.29) is 5.78 Å². The normalized spacial score (nSPS) is 15.6. The zero-order valence-corrected chi connectivity index (χ0v) is 11.6. The van der Waals surface area contributed by atoms with Gasteiger partial charge in [-0.15, -0.1) is 0 Å². The van der Waals surface area contributed by atoms with E-state index in [1.54, 1.807) is 6.92 Å². The molecule has 1 aliphatic heterocycles.